The van der Waals surface area contributed by atoms with Crippen molar-refractivity contribution in [2.24, 2.45) is 5.92 Å². The molecule has 0 spiro atoms. The third-order valence-electron chi connectivity index (χ3n) is 0.175. The third kappa shape index (κ3) is 134. The van der Waals surface area contributed by atoms with Crippen molar-refractivity contribution >= 4 is 5.97 Å². The molecule has 2 heteroatoms. The molecule has 0 unspecified atom stereocenters. The van der Waals surface area contributed by atoms with Gasteiger partial charge >= 0.3 is 5.97 Å². The lowest BCUT2D eigenvalue weighted by Crippen LogP contribution is -1.82. The normalized spacial score (nSPS) is 7.56. The van der Waals surface area contributed by atoms with Gasteiger partial charge in [-0.25, -0.2) is 4.79 Å². The smallest absolute Gasteiger partial charge is 0.327 e. The number of aliphatic carboxylic acids is 1. The number of hydrogen-bond acceptors (Lipinski definition) is 1. The average molecular weight is 130 g/mol. The minimum absolute atomic E-state index is 0.833. The first kappa shape index (κ1) is 11.1. The van der Waals surface area contributed by atoms with Gasteiger partial charge in [-0.2, -0.15) is 0 Å². The Morgan fingerprint density at radius 2 is 1.67 bits per heavy atom. The van der Waals surface area contributed by atoms with E-state index in [1.165, 1.54) is 0 Å². The highest BCUT2D eigenvalue weighted by Gasteiger charge is 1.73. The number of carboxylic acid groups (broad SMARTS) is 1. The van der Waals surface area contributed by atoms with Crippen LogP contribution in [-0.4, -0.2) is 11.1 Å². The Balaban J connectivity index is 0. The van der Waals surface area contributed by atoms with E-state index in [0.29, 0.717) is 0 Å². The molecule has 0 heterocycles. The van der Waals surface area contributed by atoms with E-state index in [1.54, 1.807) is 0 Å². The SMILES string of the molecule is C=CC(=O)O.CC(C)C. The van der Waals surface area contributed by atoms with E-state index in [0.717, 1.165) is 12.0 Å². The van der Waals surface area contributed by atoms with E-state index in [9.17, 15) is 4.79 Å². The Morgan fingerprint density at radius 3 is 1.67 bits per heavy atom. The molecule has 0 bridgehead atoms. The Labute approximate surface area is 56.2 Å². The lowest BCUT2D eigenvalue weighted by atomic mass is 10.3. The van der Waals surface area contributed by atoms with Gasteiger partial charge in [0.15, 0.2) is 0 Å². The van der Waals surface area contributed by atoms with E-state index in [4.69, 9.17) is 5.11 Å². The van der Waals surface area contributed by atoms with Crippen LogP contribution in [0.2, 0.25) is 0 Å². The molecule has 0 aliphatic carbocycles. The highest BCUT2D eigenvalue weighted by molar-refractivity contribution is 5.78. The van der Waals surface area contributed by atoms with Crippen LogP contribution in [0.3, 0.4) is 0 Å². The molecule has 0 atom stereocenters. The molecule has 0 fully saturated rings. The minimum Gasteiger partial charge on any atom is -0.478 e. The molecule has 0 rings (SSSR count). The lowest BCUT2D eigenvalue weighted by molar-refractivity contribution is -0.131. The van der Waals surface area contributed by atoms with E-state index in [1.807, 2.05) is 0 Å². The summed E-state index contributed by atoms with van der Waals surface area (Å²) in [5.74, 6) is -0.148. The summed E-state index contributed by atoms with van der Waals surface area (Å²) in [6.45, 7) is 9.46. The van der Waals surface area contributed by atoms with Gasteiger partial charge in [-0.15, -0.1) is 0 Å². The van der Waals surface area contributed by atoms with Gasteiger partial charge < -0.3 is 5.11 Å². The zero-order valence-corrected chi connectivity index (χ0v) is 6.22. The Bertz CT molecular complexity index is 82.2. The molecule has 0 aromatic rings. The molecule has 9 heavy (non-hydrogen) atoms. The molecule has 0 saturated heterocycles. The van der Waals surface area contributed by atoms with Crippen molar-refractivity contribution in [1.82, 2.24) is 0 Å². The highest BCUT2D eigenvalue weighted by atomic mass is 16.4. The van der Waals surface area contributed by atoms with Crippen molar-refractivity contribution in [2.75, 3.05) is 0 Å². The van der Waals surface area contributed by atoms with E-state index in [2.05, 4.69) is 27.4 Å². The first-order valence-corrected chi connectivity index (χ1v) is 2.86. The first-order valence-electron chi connectivity index (χ1n) is 2.86. The van der Waals surface area contributed by atoms with Gasteiger partial charge in [-0.05, 0) is 5.92 Å². The molecule has 54 valence electrons. The van der Waals surface area contributed by atoms with Crippen molar-refractivity contribution in [3.05, 3.63) is 12.7 Å². The quantitative estimate of drug-likeness (QED) is 0.550. The lowest BCUT2D eigenvalue weighted by Gasteiger charge is -1.79. The summed E-state index contributed by atoms with van der Waals surface area (Å²) in [6, 6.07) is 0. The van der Waals surface area contributed by atoms with Crippen LogP contribution >= 0.6 is 0 Å². The summed E-state index contributed by atoms with van der Waals surface area (Å²) in [6.07, 6.45) is 0.833. The summed E-state index contributed by atoms with van der Waals surface area (Å²) in [4.78, 5) is 9.25. The predicted octanol–water partition coefficient (Wildman–Crippen LogP) is 1.92. The van der Waals surface area contributed by atoms with Crippen LogP contribution in [0.25, 0.3) is 0 Å². The van der Waals surface area contributed by atoms with Gasteiger partial charge in [-0.3, -0.25) is 0 Å². The fraction of sp³-hybridized carbons (Fsp3) is 0.571. The zero-order valence-electron chi connectivity index (χ0n) is 6.22. The number of carbonyl (C=O) groups is 1. The standard InChI is InChI=1S/C4H10.C3H4O2/c1-4(2)3;1-2-3(4)5/h4H,1-3H3;2H,1H2,(H,4,5). The molecule has 0 aromatic heterocycles. The minimum atomic E-state index is -0.981. The van der Waals surface area contributed by atoms with Gasteiger partial charge in [0.2, 0.25) is 0 Å². The van der Waals surface area contributed by atoms with Crippen molar-refractivity contribution in [2.45, 2.75) is 20.8 Å². The number of hydrogen-bond donors (Lipinski definition) is 1. The van der Waals surface area contributed by atoms with Crippen molar-refractivity contribution in [3.8, 4) is 0 Å². The monoisotopic (exact) mass is 130 g/mol. The first-order chi connectivity index (χ1) is 4.00. The van der Waals surface area contributed by atoms with Gasteiger partial charge in [0.25, 0.3) is 0 Å². The van der Waals surface area contributed by atoms with Crippen LogP contribution in [0, 0.1) is 5.92 Å². The fourth-order valence-electron chi connectivity index (χ4n) is 0. The van der Waals surface area contributed by atoms with Gasteiger partial charge in [0, 0.05) is 6.08 Å². The molecule has 1 N–H and O–H groups in total. The van der Waals surface area contributed by atoms with Gasteiger partial charge in [-0.1, -0.05) is 27.4 Å². The van der Waals surface area contributed by atoms with Crippen molar-refractivity contribution < 1.29 is 9.90 Å². The molecule has 0 aromatic carbocycles. The predicted molar refractivity (Wildman–Crippen MR) is 38.3 cm³/mol. The summed E-state index contributed by atoms with van der Waals surface area (Å²) < 4.78 is 0. The van der Waals surface area contributed by atoms with Crippen LogP contribution < -0.4 is 0 Å². The van der Waals surface area contributed by atoms with E-state index in [-0.39, 0.29) is 0 Å². The molecular weight excluding hydrogens is 116 g/mol. The largest absolute Gasteiger partial charge is 0.478 e. The van der Waals surface area contributed by atoms with E-state index < -0.39 is 5.97 Å². The van der Waals surface area contributed by atoms with Crippen molar-refractivity contribution in [3.63, 3.8) is 0 Å². The molecular formula is C7H14O2. The maximum Gasteiger partial charge on any atom is 0.327 e. The van der Waals surface area contributed by atoms with Crippen LogP contribution in [-0.2, 0) is 4.79 Å². The number of rotatable bonds is 1. The molecule has 0 saturated carbocycles. The summed E-state index contributed by atoms with van der Waals surface area (Å²) in [5, 5.41) is 7.60. The molecule has 0 aliphatic heterocycles. The Morgan fingerprint density at radius 1 is 1.56 bits per heavy atom. The third-order valence-corrected chi connectivity index (χ3v) is 0.175. The van der Waals surface area contributed by atoms with E-state index >= 15 is 0 Å². The summed E-state index contributed by atoms with van der Waals surface area (Å²) >= 11 is 0. The van der Waals surface area contributed by atoms with Crippen molar-refractivity contribution in [1.29, 1.82) is 0 Å². The van der Waals surface area contributed by atoms with Crippen LogP contribution in [0.4, 0.5) is 0 Å². The Kier molecular flexibility index (Phi) is 8.87. The average Bonchev–Trinajstić information content (AvgIpc) is 1.65. The molecule has 0 aliphatic rings. The molecule has 0 amide bonds. The number of carboxylic acids is 1. The molecule has 2 nitrogen and oxygen atoms in total. The zero-order chi connectivity index (χ0) is 7.86. The highest BCUT2D eigenvalue weighted by Crippen LogP contribution is 1.81. The second kappa shape index (κ2) is 7.21. The maximum atomic E-state index is 9.25. The van der Waals surface area contributed by atoms with Gasteiger partial charge in [0.1, 0.15) is 0 Å². The topological polar surface area (TPSA) is 37.3 Å². The second-order valence-corrected chi connectivity index (χ2v) is 2.27. The Hall–Kier alpha value is -0.790. The summed E-state index contributed by atoms with van der Waals surface area (Å²) in [5.41, 5.74) is 0. The second-order valence-electron chi connectivity index (χ2n) is 2.27. The maximum absolute atomic E-state index is 9.25. The van der Waals surface area contributed by atoms with Crippen LogP contribution in [0.5, 0.6) is 0 Å². The molecule has 0 radical (unpaired) electrons. The van der Waals surface area contributed by atoms with Crippen LogP contribution in [0.15, 0.2) is 12.7 Å². The summed E-state index contributed by atoms with van der Waals surface area (Å²) in [7, 11) is 0. The van der Waals surface area contributed by atoms with Crippen LogP contribution in [0.1, 0.15) is 20.8 Å². The van der Waals surface area contributed by atoms with Gasteiger partial charge in [0.05, 0.1) is 0 Å². The fourth-order valence-corrected chi connectivity index (χ4v) is 0.